The zero-order valence-electron chi connectivity index (χ0n) is 39.4. The van der Waals surface area contributed by atoms with E-state index in [0.29, 0.717) is 85.9 Å². The van der Waals surface area contributed by atoms with Crippen molar-refractivity contribution >= 4 is 40.9 Å². The molecule has 2 N–H and O–H groups in total. The molecular weight excluding hydrogens is 915 g/mol. The number of nitriles is 1. The molecule has 5 aliphatic heterocycles. The average molecular weight is 969 g/mol. The lowest BCUT2D eigenvalue weighted by atomic mass is 9.71. The molecule has 3 aromatic heterocycles. The van der Waals surface area contributed by atoms with Crippen molar-refractivity contribution in [3.63, 3.8) is 0 Å². The first kappa shape index (κ1) is 47.2. The maximum atomic E-state index is 15.0. The Morgan fingerprint density at radius 1 is 0.887 bits per heavy atom. The predicted molar refractivity (Wildman–Crippen MR) is 254 cm³/mol. The topological polar surface area (TPSA) is 195 Å². The lowest BCUT2D eigenvalue weighted by Gasteiger charge is -2.50. The van der Waals surface area contributed by atoms with Gasteiger partial charge in [0.25, 0.3) is 17.7 Å². The lowest BCUT2D eigenvalue weighted by molar-refractivity contribution is -0.137. The molecule has 10 rings (SSSR count). The lowest BCUT2D eigenvalue weighted by Crippen LogP contribution is -2.62. The van der Waals surface area contributed by atoms with Crippen molar-refractivity contribution in [2.75, 3.05) is 63.9 Å². The van der Waals surface area contributed by atoms with Gasteiger partial charge in [0.2, 0.25) is 11.8 Å². The summed E-state index contributed by atoms with van der Waals surface area (Å²) in [6.07, 6.45) is 10.1. The summed E-state index contributed by atoms with van der Waals surface area (Å²) in [7, 11) is 0. The van der Waals surface area contributed by atoms with E-state index in [9.17, 15) is 38.0 Å². The van der Waals surface area contributed by atoms with E-state index in [2.05, 4.69) is 31.6 Å². The summed E-state index contributed by atoms with van der Waals surface area (Å²) in [5.74, 6) is -1.55. The van der Waals surface area contributed by atoms with Gasteiger partial charge in [-0.1, -0.05) is 0 Å². The molecule has 2 aromatic carbocycles. The Balaban J connectivity index is 0.750. The molecule has 1 unspecified atom stereocenters. The van der Waals surface area contributed by atoms with Gasteiger partial charge in [0.1, 0.15) is 41.1 Å². The second-order valence-electron chi connectivity index (χ2n) is 19.4. The number of carbonyl (C=O) groups excluding carboxylic acids is 5. The molecule has 368 valence electrons. The van der Waals surface area contributed by atoms with Crippen molar-refractivity contribution in [3.05, 3.63) is 107 Å². The number of pyridine rings is 2. The smallest absolute Gasteiger partial charge is 0.260 e. The number of ether oxygens (including phenoxy) is 2. The van der Waals surface area contributed by atoms with E-state index in [0.717, 1.165) is 73.9 Å². The summed E-state index contributed by atoms with van der Waals surface area (Å²) in [4.78, 5) is 77.1. The number of aromatic nitrogens is 3. The second-order valence-corrected chi connectivity index (χ2v) is 19.4. The summed E-state index contributed by atoms with van der Waals surface area (Å²) in [6, 6.07) is 15.2. The van der Waals surface area contributed by atoms with Crippen molar-refractivity contribution in [1.29, 1.82) is 5.26 Å². The highest BCUT2D eigenvalue weighted by Crippen LogP contribution is 2.42. The molecule has 19 heteroatoms. The third-order valence-corrected chi connectivity index (χ3v) is 15.2. The number of hydrogen-bond acceptors (Lipinski definition) is 12. The number of imide groups is 1. The van der Waals surface area contributed by atoms with E-state index in [-0.39, 0.29) is 54.7 Å². The van der Waals surface area contributed by atoms with Crippen LogP contribution >= 0.6 is 0 Å². The molecule has 5 aliphatic rings. The number of rotatable bonds is 12. The van der Waals surface area contributed by atoms with Gasteiger partial charge in [0, 0.05) is 68.6 Å². The fraction of sp³-hybridized carbons (Fsp3) is 0.423. The standard InChI is InChI=1S/C52H54F2N10O7/c1-2-70-38-25-40(47-35(26-55)28-57-64(47)30-38)33-3-9-44(56-27-33)61-21-15-52(16-22-61,59-48(67)41-24-36(53)4-7-42(41)54)32-60-17-11-51(12-18-60)13-19-62(20-14-51)46(66)31-71-37-5-6-39-34(23-37)29-63(50(39)69)43-8-10-45(65)58-49(43)68/h3-7,9,23-25,27-28,30,43H,2,8,10-22,29,31-32H2,1H3,(H,59,67)(H,58,65,68). The first-order valence-corrected chi connectivity index (χ1v) is 24.3. The fourth-order valence-corrected chi connectivity index (χ4v) is 11.1. The quantitative estimate of drug-likeness (QED) is 0.154. The van der Waals surface area contributed by atoms with Gasteiger partial charge in [0.05, 0.1) is 41.2 Å². The SMILES string of the molecule is CCOc1cc(-c2ccc(N3CCC(CN4CCC5(CC4)CCN(C(=O)COc4ccc6c(c4)CN(C4CCC(=O)NC4=O)C6=O)CC5)(NC(=O)c4cc(F)ccc4F)CC3)nc2)c2c(C#N)cnn2c1. The normalized spacial score (nSPS) is 19.9. The van der Waals surface area contributed by atoms with E-state index >= 15 is 0 Å². The number of benzene rings is 2. The molecule has 4 fully saturated rings. The first-order valence-electron chi connectivity index (χ1n) is 24.3. The number of fused-ring (bicyclic) bond motifs is 2. The molecule has 5 aromatic rings. The summed E-state index contributed by atoms with van der Waals surface area (Å²) >= 11 is 0. The van der Waals surface area contributed by atoms with Crippen LogP contribution in [0, 0.1) is 28.4 Å². The van der Waals surface area contributed by atoms with Crippen molar-refractivity contribution in [2.45, 2.75) is 76.4 Å². The van der Waals surface area contributed by atoms with E-state index in [1.165, 1.54) is 11.1 Å². The Kier molecular flexibility index (Phi) is 12.9. The third kappa shape index (κ3) is 9.60. The molecule has 4 saturated heterocycles. The highest BCUT2D eigenvalue weighted by molar-refractivity contribution is 6.05. The van der Waals surface area contributed by atoms with Gasteiger partial charge in [-0.2, -0.15) is 10.4 Å². The van der Waals surface area contributed by atoms with Gasteiger partial charge in [-0.25, -0.2) is 18.3 Å². The van der Waals surface area contributed by atoms with Crippen molar-refractivity contribution in [2.24, 2.45) is 5.41 Å². The van der Waals surface area contributed by atoms with Crippen molar-refractivity contribution in [1.82, 2.24) is 39.9 Å². The van der Waals surface area contributed by atoms with Crippen molar-refractivity contribution < 1.29 is 42.2 Å². The number of nitrogens with one attached hydrogen (secondary N) is 2. The number of likely N-dealkylation sites (tertiary alicyclic amines) is 2. The maximum absolute atomic E-state index is 15.0. The average Bonchev–Trinajstić information content (AvgIpc) is 3.94. The minimum atomic E-state index is -0.792. The molecule has 1 atom stereocenters. The van der Waals surface area contributed by atoms with Crippen LogP contribution in [-0.4, -0.2) is 129 Å². The fourth-order valence-electron chi connectivity index (χ4n) is 11.1. The van der Waals surface area contributed by atoms with Crippen LogP contribution in [0.25, 0.3) is 16.6 Å². The highest BCUT2D eigenvalue weighted by atomic mass is 19.1. The molecule has 0 saturated carbocycles. The van der Waals surface area contributed by atoms with Crippen molar-refractivity contribution in [3.8, 4) is 28.7 Å². The van der Waals surface area contributed by atoms with Crippen LogP contribution in [0.2, 0.25) is 0 Å². The van der Waals surface area contributed by atoms with E-state index in [4.69, 9.17) is 14.5 Å². The molecule has 5 amide bonds. The monoisotopic (exact) mass is 968 g/mol. The van der Waals surface area contributed by atoms with E-state index < -0.39 is 35.0 Å². The Hall–Kier alpha value is -7.46. The van der Waals surface area contributed by atoms with Gasteiger partial charge in [-0.05, 0) is 131 Å². The molecule has 8 heterocycles. The van der Waals surface area contributed by atoms with Gasteiger partial charge >= 0.3 is 0 Å². The number of hydrogen-bond donors (Lipinski definition) is 2. The van der Waals surface area contributed by atoms with Crippen LogP contribution in [0.15, 0.2) is 73.2 Å². The third-order valence-electron chi connectivity index (χ3n) is 15.2. The van der Waals surface area contributed by atoms with Gasteiger partial charge in [-0.15, -0.1) is 0 Å². The summed E-state index contributed by atoms with van der Waals surface area (Å²) in [5, 5.41) is 19.6. The number of amides is 5. The Morgan fingerprint density at radius 2 is 1.66 bits per heavy atom. The number of piperidine rings is 4. The molecule has 1 spiro atoms. The molecular formula is C52H54F2N10O7. The number of anilines is 1. The number of nitrogens with zero attached hydrogens (tertiary/aromatic N) is 8. The largest absolute Gasteiger partial charge is 0.492 e. The van der Waals surface area contributed by atoms with Crippen LogP contribution in [0.3, 0.4) is 0 Å². The van der Waals surface area contributed by atoms with E-state index in [1.54, 1.807) is 35.1 Å². The first-order chi connectivity index (χ1) is 34.3. The Morgan fingerprint density at radius 3 is 2.38 bits per heavy atom. The molecule has 71 heavy (non-hydrogen) atoms. The molecule has 17 nitrogen and oxygen atoms in total. The van der Waals surface area contributed by atoms with Crippen LogP contribution < -0.4 is 25.0 Å². The van der Waals surface area contributed by atoms with E-state index in [1.807, 2.05) is 30.0 Å². The van der Waals surface area contributed by atoms with Crippen LogP contribution in [0.5, 0.6) is 11.5 Å². The van der Waals surface area contributed by atoms with Gasteiger partial charge in [0.15, 0.2) is 6.61 Å². The molecule has 0 radical (unpaired) electrons. The number of carbonyl (C=O) groups is 5. The van der Waals surface area contributed by atoms with Crippen LogP contribution in [0.4, 0.5) is 14.6 Å². The van der Waals surface area contributed by atoms with Gasteiger partial charge < -0.3 is 34.4 Å². The molecule has 0 bridgehead atoms. The zero-order valence-corrected chi connectivity index (χ0v) is 39.4. The van der Waals surface area contributed by atoms with Crippen LogP contribution in [0.1, 0.15) is 90.1 Å². The van der Waals surface area contributed by atoms with Gasteiger partial charge in [-0.3, -0.25) is 29.3 Å². The summed E-state index contributed by atoms with van der Waals surface area (Å²) < 4.78 is 42.6. The summed E-state index contributed by atoms with van der Waals surface area (Å²) in [6.45, 7) is 6.79. The Bertz CT molecular complexity index is 2950. The zero-order chi connectivity index (χ0) is 49.4. The number of halogens is 2. The highest BCUT2D eigenvalue weighted by Gasteiger charge is 2.44. The summed E-state index contributed by atoms with van der Waals surface area (Å²) in [5.41, 5.74) is 2.79. The minimum absolute atomic E-state index is 0.0572. The maximum Gasteiger partial charge on any atom is 0.260 e. The molecule has 0 aliphatic carbocycles. The minimum Gasteiger partial charge on any atom is -0.492 e. The Labute approximate surface area is 408 Å². The second kappa shape index (κ2) is 19.4. The van der Waals surface area contributed by atoms with Crippen LogP contribution in [-0.2, 0) is 20.9 Å². The predicted octanol–water partition coefficient (Wildman–Crippen LogP) is 5.26.